The van der Waals surface area contributed by atoms with Gasteiger partial charge in [0.05, 0.1) is 19.8 Å². The molecule has 5 heteroatoms. The summed E-state index contributed by atoms with van der Waals surface area (Å²) in [4.78, 5) is 13.7. The average Bonchev–Trinajstić information content (AvgIpc) is 3.45. The Hall–Kier alpha value is -2.17. The topological polar surface area (TPSA) is 57.1 Å². The second-order valence-electron chi connectivity index (χ2n) is 10.2. The van der Waals surface area contributed by atoms with Crippen molar-refractivity contribution in [1.29, 1.82) is 0 Å². The predicted octanol–water partition coefficient (Wildman–Crippen LogP) is 5.38. The molecule has 0 saturated heterocycles. The van der Waals surface area contributed by atoms with Crippen LogP contribution in [0.1, 0.15) is 76.9 Å². The number of methoxy groups -OCH3 is 1. The molecule has 1 aliphatic rings. The number of hydrogen-bond donors (Lipinski definition) is 0. The Morgan fingerprint density at radius 3 is 2.41 bits per heavy atom. The Labute approximate surface area is 175 Å². The third kappa shape index (κ3) is 6.69. The van der Waals surface area contributed by atoms with E-state index in [-0.39, 0.29) is 10.8 Å². The smallest absolute Gasteiger partial charge is 0.220 e. The van der Waals surface area contributed by atoms with E-state index in [0.29, 0.717) is 24.3 Å². The van der Waals surface area contributed by atoms with Crippen LogP contribution >= 0.6 is 0 Å². The van der Waals surface area contributed by atoms with Crippen molar-refractivity contribution in [3.05, 3.63) is 41.5 Å². The number of aromatic nitrogens is 3. The highest BCUT2D eigenvalue weighted by atomic mass is 16.5. The van der Waals surface area contributed by atoms with Crippen molar-refractivity contribution in [2.24, 2.45) is 10.8 Å². The van der Waals surface area contributed by atoms with Gasteiger partial charge in [-0.05, 0) is 48.1 Å². The van der Waals surface area contributed by atoms with Gasteiger partial charge in [0.25, 0.3) is 0 Å². The molecule has 1 saturated carbocycles. The van der Waals surface area contributed by atoms with Crippen molar-refractivity contribution in [2.45, 2.75) is 72.6 Å². The molecule has 0 atom stereocenters. The van der Waals surface area contributed by atoms with Crippen LogP contribution in [0.2, 0.25) is 0 Å². The van der Waals surface area contributed by atoms with E-state index < -0.39 is 0 Å². The Morgan fingerprint density at radius 2 is 1.76 bits per heavy atom. The molecule has 0 bridgehead atoms. The molecule has 0 aromatic carbocycles. The maximum absolute atomic E-state index is 6.02. The van der Waals surface area contributed by atoms with E-state index >= 15 is 0 Å². The van der Waals surface area contributed by atoms with Crippen LogP contribution in [0.15, 0.2) is 24.4 Å². The lowest BCUT2D eigenvalue weighted by atomic mass is 9.82. The standard InChI is InChI=1S/C24H35N3O2/c1-23(2,3)16-19-26-20(28-6)14-21(27-19)29-13-11-24(4,5)15-18-8-7-12-25-22(18)17-9-10-17/h7-8,12,14,17H,9-11,13,15-16H2,1-6H3. The monoisotopic (exact) mass is 397 g/mol. The van der Waals surface area contributed by atoms with Gasteiger partial charge in [-0.3, -0.25) is 4.98 Å². The summed E-state index contributed by atoms with van der Waals surface area (Å²) in [5.41, 5.74) is 2.91. The van der Waals surface area contributed by atoms with Crippen LogP contribution in [0.25, 0.3) is 0 Å². The zero-order chi connectivity index (χ0) is 21.1. The van der Waals surface area contributed by atoms with Crippen LogP contribution in [0.5, 0.6) is 11.8 Å². The lowest BCUT2D eigenvalue weighted by molar-refractivity contribution is 0.219. The molecule has 0 aliphatic heterocycles. The summed E-state index contributed by atoms with van der Waals surface area (Å²) in [6.07, 6.45) is 7.20. The van der Waals surface area contributed by atoms with E-state index in [9.17, 15) is 0 Å². The Balaban J connectivity index is 1.60. The van der Waals surface area contributed by atoms with Crippen LogP contribution in [0.3, 0.4) is 0 Å². The van der Waals surface area contributed by atoms with Crippen molar-refractivity contribution in [2.75, 3.05) is 13.7 Å². The van der Waals surface area contributed by atoms with Gasteiger partial charge in [0.15, 0.2) is 0 Å². The predicted molar refractivity (Wildman–Crippen MR) is 116 cm³/mol. The van der Waals surface area contributed by atoms with Crippen LogP contribution in [0.4, 0.5) is 0 Å². The highest BCUT2D eigenvalue weighted by Crippen LogP contribution is 2.42. The minimum Gasteiger partial charge on any atom is -0.481 e. The Morgan fingerprint density at radius 1 is 1.03 bits per heavy atom. The van der Waals surface area contributed by atoms with E-state index in [0.717, 1.165) is 25.1 Å². The molecule has 0 N–H and O–H groups in total. The average molecular weight is 398 g/mol. The molecule has 0 amide bonds. The molecule has 0 spiro atoms. The first-order chi connectivity index (χ1) is 13.6. The van der Waals surface area contributed by atoms with Crippen molar-refractivity contribution >= 4 is 0 Å². The van der Waals surface area contributed by atoms with Gasteiger partial charge >= 0.3 is 0 Å². The van der Waals surface area contributed by atoms with Crippen LogP contribution in [-0.2, 0) is 12.8 Å². The highest BCUT2D eigenvalue weighted by Gasteiger charge is 2.29. The molecule has 0 unspecified atom stereocenters. The van der Waals surface area contributed by atoms with Gasteiger partial charge in [-0.2, -0.15) is 9.97 Å². The third-order valence-electron chi connectivity index (χ3n) is 5.21. The number of ether oxygens (including phenoxy) is 2. The minimum atomic E-state index is 0.106. The first-order valence-corrected chi connectivity index (χ1v) is 10.6. The number of pyridine rings is 1. The van der Waals surface area contributed by atoms with Crippen molar-refractivity contribution < 1.29 is 9.47 Å². The lowest BCUT2D eigenvalue weighted by Gasteiger charge is -2.25. The van der Waals surface area contributed by atoms with E-state index in [1.807, 2.05) is 6.20 Å². The SMILES string of the molecule is COc1cc(OCCC(C)(C)Cc2cccnc2C2CC2)nc(CC(C)(C)C)n1. The molecule has 5 nitrogen and oxygen atoms in total. The number of nitrogens with zero attached hydrogens (tertiary/aromatic N) is 3. The zero-order valence-corrected chi connectivity index (χ0v) is 18.8. The molecule has 3 rings (SSSR count). The second kappa shape index (κ2) is 8.68. The fraction of sp³-hybridized carbons (Fsp3) is 0.625. The molecule has 2 aromatic rings. The summed E-state index contributed by atoms with van der Waals surface area (Å²) in [7, 11) is 1.63. The first kappa shape index (κ1) is 21.5. The second-order valence-corrected chi connectivity index (χ2v) is 10.2. The van der Waals surface area contributed by atoms with Crippen LogP contribution in [0, 0.1) is 10.8 Å². The largest absolute Gasteiger partial charge is 0.481 e. The molecule has 0 radical (unpaired) electrons. The molecule has 2 aromatic heterocycles. The summed E-state index contributed by atoms with van der Waals surface area (Å²) < 4.78 is 11.4. The molecule has 2 heterocycles. The molecule has 29 heavy (non-hydrogen) atoms. The summed E-state index contributed by atoms with van der Waals surface area (Å²) in [5.74, 6) is 2.58. The Bertz CT molecular complexity index is 823. The van der Waals surface area contributed by atoms with E-state index in [2.05, 4.69) is 61.7 Å². The quantitative estimate of drug-likeness (QED) is 0.568. The fourth-order valence-corrected chi connectivity index (χ4v) is 3.54. The summed E-state index contributed by atoms with van der Waals surface area (Å²) in [6.45, 7) is 11.7. The normalized spacial score (nSPS) is 14.7. The summed E-state index contributed by atoms with van der Waals surface area (Å²) in [6, 6.07) is 6.06. The summed E-state index contributed by atoms with van der Waals surface area (Å²) in [5, 5.41) is 0. The van der Waals surface area contributed by atoms with E-state index in [4.69, 9.17) is 9.47 Å². The third-order valence-corrected chi connectivity index (χ3v) is 5.21. The van der Waals surface area contributed by atoms with Gasteiger partial charge in [-0.25, -0.2) is 0 Å². The van der Waals surface area contributed by atoms with Crippen molar-refractivity contribution in [3.8, 4) is 11.8 Å². The van der Waals surface area contributed by atoms with E-state index in [1.54, 1.807) is 13.2 Å². The summed E-state index contributed by atoms with van der Waals surface area (Å²) >= 11 is 0. The van der Waals surface area contributed by atoms with Crippen molar-refractivity contribution in [3.63, 3.8) is 0 Å². The van der Waals surface area contributed by atoms with Crippen LogP contribution < -0.4 is 9.47 Å². The molecule has 1 fully saturated rings. The van der Waals surface area contributed by atoms with Gasteiger partial charge in [0.2, 0.25) is 11.8 Å². The van der Waals surface area contributed by atoms with Gasteiger partial charge < -0.3 is 9.47 Å². The highest BCUT2D eigenvalue weighted by molar-refractivity contribution is 5.27. The van der Waals surface area contributed by atoms with Crippen molar-refractivity contribution in [1.82, 2.24) is 15.0 Å². The first-order valence-electron chi connectivity index (χ1n) is 10.6. The van der Waals surface area contributed by atoms with Gasteiger partial charge in [-0.15, -0.1) is 0 Å². The van der Waals surface area contributed by atoms with E-state index in [1.165, 1.54) is 24.1 Å². The Kier molecular flexibility index (Phi) is 6.45. The number of hydrogen-bond acceptors (Lipinski definition) is 5. The maximum atomic E-state index is 6.02. The molecular formula is C24H35N3O2. The minimum absolute atomic E-state index is 0.106. The van der Waals surface area contributed by atoms with Crippen LogP contribution in [-0.4, -0.2) is 28.7 Å². The molecule has 158 valence electrons. The van der Waals surface area contributed by atoms with Gasteiger partial charge in [0.1, 0.15) is 5.82 Å². The maximum Gasteiger partial charge on any atom is 0.220 e. The van der Waals surface area contributed by atoms with Gasteiger partial charge in [0, 0.05) is 24.2 Å². The fourth-order valence-electron chi connectivity index (χ4n) is 3.54. The van der Waals surface area contributed by atoms with Gasteiger partial charge in [-0.1, -0.05) is 40.7 Å². The number of rotatable bonds is 9. The lowest BCUT2D eigenvalue weighted by Crippen LogP contribution is -2.20. The molecular weight excluding hydrogens is 362 g/mol. The zero-order valence-electron chi connectivity index (χ0n) is 18.8. The molecule has 1 aliphatic carbocycles.